The summed E-state index contributed by atoms with van der Waals surface area (Å²) in [5, 5.41) is 0. The predicted octanol–water partition coefficient (Wildman–Crippen LogP) is 5.11. The van der Waals surface area contributed by atoms with Gasteiger partial charge in [0.05, 0.1) is 37.5 Å². The SMILES string of the molecule is CC1=C2[C@](C)(CCC(=O)[N+]2(C)CCc2nc3ccccc3n2C)[C@H]2CC[C@]3(C)[C@@H](C(N)=O)CC[C@H]3[C@@H]2C1. The minimum Gasteiger partial charge on any atom is -0.369 e. The molecule has 37 heavy (non-hydrogen) atoms. The fourth-order valence-corrected chi connectivity index (χ4v) is 9.95. The summed E-state index contributed by atoms with van der Waals surface area (Å²) < 4.78 is 2.60. The number of para-hydroxylation sites is 2. The smallest absolute Gasteiger partial charge is 0.318 e. The number of likely N-dealkylation sites (N-methyl/N-ethyl adjacent to an activating group) is 1. The predicted molar refractivity (Wildman–Crippen MR) is 145 cm³/mol. The number of aryl methyl sites for hydroxylation is 1. The number of hydrogen-bond acceptors (Lipinski definition) is 3. The third kappa shape index (κ3) is 3.36. The third-order valence-electron chi connectivity index (χ3n) is 11.7. The van der Waals surface area contributed by atoms with Crippen molar-refractivity contribution in [3.05, 3.63) is 41.4 Å². The molecule has 198 valence electrons. The Morgan fingerprint density at radius 3 is 2.65 bits per heavy atom. The molecular formula is C31H43N4O2+. The van der Waals surface area contributed by atoms with Gasteiger partial charge in [0.2, 0.25) is 5.91 Å². The number of fused-ring (bicyclic) bond motifs is 6. The second-order valence-electron chi connectivity index (χ2n) is 13.3. The number of nitrogens with two attached hydrogens (primary N) is 1. The van der Waals surface area contributed by atoms with Crippen LogP contribution in [-0.2, 0) is 23.1 Å². The number of benzene rings is 1. The van der Waals surface area contributed by atoms with Gasteiger partial charge in [-0.1, -0.05) is 26.0 Å². The zero-order valence-corrected chi connectivity index (χ0v) is 23.2. The molecule has 2 heterocycles. The van der Waals surface area contributed by atoms with Crippen LogP contribution in [0.2, 0.25) is 0 Å². The van der Waals surface area contributed by atoms with E-state index >= 15 is 0 Å². The molecule has 1 aromatic heterocycles. The van der Waals surface area contributed by atoms with Crippen molar-refractivity contribution in [1.29, 1.82) is 0 Å². The van der Waals surface area contributed by atoms with Crippen molar-refractivity contribution < 1.29 is 14.1 Å². The highest BCUT2D eigenvalue weighted by Crippen LogP contribution is 2.67. The lowest BCUT2D eigenvalue weighted by Gasteiger charge is -2.59. The number of piperidine rings is 1. The molecule has 7 atom stereocenters. The van der Waals surface area contributed by atoms with Crippen LogP contribution in [0, 0.1) is 34.5 Å². The van der Waals surface area contributed by atoms with Crippen LogP contribution in [0.25, 0.3) is 11.0 Å². The first-order valence-corrected chi connectivity index (χ1v) is 14.3. The van der Waals surface area contributed by atoms with Gasteiger partial charge < -0.3 is 10.3 Å². The summed E-state index contributed by atoms with van der Waals surface area (Å²) in [5.41, 5.74) is 10.9. The number of likely N-dealkylation sites (tertiary alicyclic amines) is 1. The van der Waals surface area contributed by atoms with Gasteiger partial charge in [-0.25, -0.2) is 14.3 Å². The molecule has 1 unspecified atom stereocenters. The number of nitrogens with zero attached hydrogens (tertiary/aromatic N) is 3. The number of rotatable bonds is 4. The molecule has 6 rings (SSSR count). The van der Waals surface area contributed by atoms with Crippen LogP contribution in [0.1, 0.15) is 71.5 Å². The number of carbonyl (C=O) groups excluding carboxylic acids is 2. The second kappa shape index (κ2) is 8.26. The Morgan fingerprint density at radius 2 is 1.92 bits per heavy atom. The molecule has 6 heteroatoms. The molecule has 1 aliphatic heterocycles. The summed E-state index contributed by atoms with van der Waals surface area (Å²) in [7, 11) is 4.26. The molecule has 2 amide bonds. The van der Waals surface area contributed by atoms with Crippen LogP contribution < -0.4 is 5.73 Å². The van der Waals surface area contributed by atoms with Crippen LogP contribution >= 0.6 is 0 Å². The number of hydrogen-bond donors (Lipinski definition) is 1. The average Bonchev–Trinajstić information content (AvgIpc) is 3.37. The standard InChI is InChI=1S/C31H42N4O2/c1-19-18-20-21-10-11-23(29(32)37)30(21,2)15-12-22(20)31(3)16-13-27(36)35(5,28(19)31)17-14-26-33-24-8-6-7-9-25(24)34(26)4/h6-9,20-23H,10-18H2,1-5H3,(H-,32,37)/p+1/t20-,21-,22-,23+,30-,31+,35?/m0/s1. The molecular weight excluding hydrogens is 460 g/mol. The van der Waals surface area contributed by atoms with Crippen LogP contribution in [0.5, 0.6) is 0 Å². The number of imidazole rings is 1. The highest BCUT2D eigenvalue weighted by atomic mass is 16.2. The molecule has 3 aliphatic carbocycles. The molecule has 2 saturated carbocycles. The Labute approximate surface area is 220 Å². The highest BCUT2D eigenvalue weighted by molar-refractivity contribution is 5.78. The van der Waals surface area contributed by atoms with Gasteiger partial charge in [-0.15, -0.1) is 0 Å². The summed E-state index contributed by atoms with van der Waals surface area (Å²) in [6.45, 7) is 7.85. The highest BCUT2D eigenvalue weighted by Gasteiger charge is 2.64. The van der Waals surface area contributed by atoms with Crippen molar-refractivity contribution in [3.63, 3.8) is 0 Å². The average molecular weight is 504 g/mol. The van der Waals surface area contributed by atoms with Crippen molar-refractivity contribution >= 4 is 22.8 Å². The van der Waals surface area contributed by atoms with Crippen molar-refractivity contribution in [2.24, 2.45) is 47.3 Å². The van der Waals surface area contributed by atoms with E-state index in [2.05, 4.69) is 57.6 Å². The van der Waals surface area contributed by atoms with E-state index in [9.17, 15) is 9.59 Å². The minimum atomic E-state index is -0.104. The lowest BCUT2D eigenvalue weighted by Crippen LogP contribution is -2.62. The van der Waals surface area contributed by atoms with Gasteiger partial charge >= 0.3 is 5.91 Å². The first kappa shape index (κ1) is 24.8. The number of quaternary nitrogens is 1. The maximum Gasteiger partial charge on any atom is 0.318 e. The summed E-state index contributed by atoms with van der Waals surface area (Å²) >= 11 is 0. The summed E-state index contributed by atoms with van der Waals surface area (Å²) in [5.74, 6) is 3.00. The van der Waals surface area contributed by atoms with E-state index in [1.54, 1.807) is 0 Å². The van der Waals surface area contributed by atoms with E-state index in [1.807, 2.05) is 6.07 Å². The van der Waals surface area contributed by atoms with E-state index in [-0.39, 0.29) is 22.7 Å². The zero-order valence-electron chi connectivity index (χ0n) is 23.2. The third-order valence-corrected chi connectivity index (χ3v) is 11.7. The molecule has 4 aliphatic rings. The van der Waals surface area contributed by atoms with E-state index < -0.39 is 0 Å². The van der Waals surface area contributed by atoms with Crippen LogP contribution in [0.4, 0.5) is 0 Å². The molecule has 2 aromatic rings. The lowest BCUT2D eigenvalue weighted by atomic mass is 9.48. The number of carbonyl (C=O) groups is 2. The first-order valence-electron chi connectivity index (χ1n) is 14.3. The molecule has 0 spiro atoms. The molecule has 3 fully saturated rings. The van der Waals surface area contributed by atoms with Crippen LogP contribution in [-0.4, -0.2) is 39.4 Å². The number of allylic oxidation sites excluding steroid dienone is 2. The molecule has 1 saturated heterocycles. The fourth-order valence-electron chi connectivity index (χ4n) is 9.95. The number of primary amides is 1. The molecule has 6 nitrogen and oxygen atoms in total. The molecule has 0 bridgehead atoms. The van der Waals surface area contributed by atoms with E-state index in [4.69, 9.17) is 10.7 Å². The molecule has 1 aromatic carbocycles. The Hall–Kier alpha value is -2.47. The molecule has 2 N–H and O–H groups in total. The van der Waals surface area contributed by atoms with Crippen molar-refractivity contribution in [1.82, 2.24) is 9.55 Å². The van der Waals surface area contributed by atoms with Gasteiger partial charge in [-0.2, -0.15) is 0 Å². The number of aromatic nitrogens is 2. The maximum absolute atomic E-state index is 13.7. The quantitative estimate of drug-likeness (QED) is 0.589. The first-order chi connectivity index (χ1) is 17.5. The zero-order chi connectivity index (χ0) is 26.3. The van der Waals surface area contributed by atoms with Gasteiger partial charge in [-0.05, 0) is 86.3 Å². The van der Waals surface area contributed by atoms with Crippen LogP contribution in [0.3, 0.4) is 0 Å². The largest absolute Gasteiger partial charge is 0.369 e. The maximum atomic E-state index is 13.7. The van der Waals surface area contributed by atoms with Gasteiger partial charge in [-0.3, -0.25) is 4.79 Å². The van der Waals surface area contributed by atoms with E-state index in [0.717, 1.165) is 68.3 Å². The second-order valence-corrected chi connectivity index (χ2v) is 13.3. The summed E-state index contributed by atoms with van der Waals surface area (Å²) in [4.78, 5) is 31.0. The monoisotopic (exact) mass is 503 g/mol. The van der Waals surface area contributed by atoms with E-state index in [0.29, 0.717) is 34.6 Å². The Kier molecular flexibility index (Phi) is 5.55. The van der Waals surface area contributed by atoms with Crippen molar-refractivity contribution in [2.45, 2.75) is 72.1 Å². The van der Waals surface area contributed by atoms with Crippen molar-refractivity contribution in [2.75, 3.05) is 13.6 Å². The van der Waals surface area contributed by atoms with Gasteiger partial charge in [0.25, 0.3) is 0 Å². The van der Waals surface area contributed by atoms with Gasteiger partial charge in [0, 0.05) is 18.4 Å². The van der Waals surface area contributed by atoms with E-state index in [1.165, 1.54) is 11.3 Å². The minimum absolute atomic E-state index is 0.0132. The topological polar surface area (TPSA) is 78.0 Å². The number of amides is 2. The normalized spacial score (nSPS) is 39.4. The summed E-state index contributed by atoms with van der Waals surface area (Å²) in [6.07, 6.45) is 7.67. The van der Waals surface area contributed by atoms with Crippen molar-refractivity contribution in [3.8, 4) is 0 Å². The summed E-state index contributed by atoms with van der Waals surface area (Å²) in [6, 6.07) is 8.26. The van der Waals surface area contributed by atoms with Gasteiger partial charge in [0.15, 0.2) is 0 Å². The van der Waals surface area contributed by atoms with Gasteiger partial charge in [0.1, 0.15) is 11.5 Å². The Balaban J connectivity index is 1.35. The Morgan fingerprint density at radius 1 is 1.16 bits per heavy atom. The Bertz CT molecular complexity index is 1330. The van der Waals surface area contributed by atoms with Crippen LogP contribution in [0.15, 0.2) is 35.5 Å². The lowest BCUT2D eigenvalue weighted by molar-refractivity contribution is -0.808. The molecule has 0 radical (unpaired) electrons. The fraction of sp³-hybridized carbons (Fsp3) is 0.645.